The van der Waals surface area contributed by atoms with Gasteiger partial charge in [0.05, 0.1) is 11.7 Å². The lowest BCUT2D eigenvalue weighted by molar-refractivity contribution is -0.122. The van der Waals surface area contributed by atoms with Gasteiger partial charge in [-0.25, -0.2) is 9.37 Å². The number of anilines is 3. The van der Waals surface area contributed by atoms with E-state index in [1.165, 1.54) is 13.2 Å². The number of rotatable bonds is 8. The van der Waals surface area contributed by atoms with Gasteiger partial charge >= 0.3 is 0 Å². The Bertz CT molecular complexity index is 1280. The average Bonchev–Trinajstić information content (AvgIpc) is 2.86. The molecule has 4 rings (SSSR count). The van der Waals surface area contributed by atoms with E-state index in [0.29, 0.717) is 55.0 Å². The van der Waals surface area contributed by atoms with Crippen molar-refractivity contribution in [3.8, 4) is 5.75 Å². The van der Waals surface area contributed by atoms with Crippen LogP contribution in [0.4, 0.5) is 21.8 Å². The summed E-state index contributed by atoms with van der Waals surface area (Å²) in [5.74, 6) is 0.694. The molecule has 2 N–H and O–H groups in total. The molecule has 0 radical (unpaired) electrons. The normalized spacial score (nSPS) is 14.2. The fourth-order valence-corrected chi connectivity index (χ4v) is 4.12. The van der Waals surface area contributed by atoms with Crippen LogP contribution in [0.15, 0.2) is 35.3 Å². The Morgan fingerprint density at radius 1 is 1.29 bits per heavy atom. The summed E-state index contributed by atoms with van der Waals surface area (Å²) < 4.78 is 20.7. The number of pyridine rings is 1. The van der Waals surface area contributed by atoms with Crippen LogP contribution in [0.1, 0.15) is 26.2 Å². The maximum absolute atomic E-state index is 13.5. The number of alkyl halides is 1. The predicted molar refractivity (Wildman–Crippen MR) is 135 cm³/mol. The molecule has 1 aliphatic heterocycles. The smallest absolute Gasteiger partial charge is 0.293 e. The highest BCUT2D eigenvalue weighted by Gasteiger charge is 2.21. The molecule has 1 aliphatic rings. The molecule has 1 fully saturated rings. The number of likely N-dealkylation sites (N-methyl/N-ethyl adjacent to an activating group) is 1. The number of nitrogens with zero attached hydrogens (tertiary/aromatic N) is 4. The number of aryl methyl sites for hydroxylation is 1. The summed E-state index contributed by atoms with van der Waals surface area (Å²) in [5.41, 5.74) is 1.16. The van der Waals surface area contributed by atoms with Gasteiger partial charge in [0.2, 0.25) is 5.95 Å². The highest BCUT2D eigenvalue weighted by molar-refractivity contribution is 6.32. The average molecular weight is 503 g/mol. The molecule has 1 amide bonds. The third-order valence-electron chi connectivity index (χ3n) is 5.85. The highest BCUT2D eigenvalue weighted by Crippen LogP contribution is 2.28. The molecule has 3 heterocycles. The minimum Gasteiger partial charge on any atom is -0.478 e. The maximum Gasteiger partial charge on any atom is 0.293 e. The molecule has 2 aromatic heterocycles. The lowest BCUT2D eigenvalue weighted by atomic mass is 10.1. The molecule has 3 aromatic rings. The van der Waals surface area contributed by atoms with Crippen LogP contribution in [0.25, 0.3) is 10.9 Å². The fourth-order valence-electron chi connectivity index (χ4n) is 3.99. The number of hydrogen-bond donors (Lipinski definition) is 2. The van der Waals surface area contributed by atoms with Crippen molar-refractivity contribution < 1.29 is 13.9 Å². The lowest BCUT2D eigenvalue weighted by Crippen LogP contribution is -2.35. The van der Waals surface area contributed by atoms with Crippen molar-refractivity contribution in [2.24, 2.45) is 0 Å². The summed E-state index contributed by atoms with van der Waals surface area (Å²) in [7, 11) is 1.51. The van der Waals surface area contributed by atoms with E-state index in [-0.39, 0.29) is 23.8 Å². The van der Waals surface area contributed by atoms with Crippen molar-refractivity contribution in [3.05, 3.63) is 45.8 Å². The molecule has 0 spiro atoms. The number of nitrogens with one attached hydrogen (secondary N) is 2. The topological polar surface area (TPSA) is 101 Å². The lowest BCUT2D eigenvalue weighted by Gasteiger charge is -2.28. The Balaban J connectivity index is 1.65. The van der Waals surface area contributed by atoms with Crippen LogP contribution < -0.4 is 25.8 Å². The van der Waals surface area contributed by atoms with Crippen molar-refractivity contribution in [1.82, 2.24) is 19.9 Å². The van der Waals surface area contributed by atoms with Crippen LogP contribution in [0.2, 0.25) is 5.02 Å². The van der Waals surface area contributed by atoms with Gasteiger partial charge in [-0.2, -0.15) is 4.98 Å². The van der Waals surface area contributed by atoms with Crippen LogP contribution in [0.5, 0.6) is 5.75 Å². The summed E-state index contributed by atoms with van der Waals surface area (Å²) in [5, 5.41) is 6.80. The Morgan fingerprint density at radius 2 is 2.06 bits per heavy atom. The Kier molecular flexibility index (Phi) is 7.70. The Hall–Kier alpha value is -3.40. The van der Waals surface area contributed by atoms with E-state index < -0.39 is 6.17 Å². The molecular formula is C24H28ClFN6O3. The van der Waals surface area contributed by atoms with Gasteiger partial charge in [0, 0.05) is 37.8 Å². The van der Waals surface area contributed by atoms with Crippen molar-refractivity contribution in [3.63, 3.8) is 0 Å². The molecule has 0 atom stereocenters. The van der Waals surface area contributed by atoms with Crippen LogP contribution >= 0.6 is 11.6 Å². The number of hydrogen-bond acceptors (Lipinski definition) is 7. The monoisotopic (exact) mass is 502 g/mol. The predicted octanol–water partition coefficient (Wildman–Crippen LogP) is 3.66. The first-order valence-corrected chi connectivity index (χ1v) is 12.0. The first-order valence-electron chi connectivity index (χ1n) is 11.6. The highest BCUT2D eigenvalue weighted by atomic mass is 35.5. The molecular weight excluding hydrogens is 475 g/mol. The zero-order valence-corrected chi connectivity index (χ0v) is 20.4. The molecule has 11 heteroatoms. The number of carbonyl (C=O) groups is 1. The van der Waals surface area contributed by atoms with E-state index >= 15 is 0 Å². The van der Waals surface area contributed by atoms with Gasteiger partial charge in [-0.15, -0.1) is 0 Å². The van der Waals surface area contributed by atoms with E-state index in [1.807, 2.05) is 30.0 Å². The van der Waals surface area contributed by atoms with Crippen molar-refractivity contribution >= 4 is 45.9 Å². The first-order chi connectivity index (χ1) is 16.9. The largest absolute Gasteiger partial charge is 0.478 e. The van der Waals surface area contributed by atoms with Crippen LogP contribution in [0, 0.1) is 0 Å². The van der Waals surface area contributed by atoms with Gasteiger partial charge in [-0.3, -0.25) is 9.59 Å². The van der Waals surface area contributed by atoms with Gasteiger partial charge in [0.1, 0.15) is 11.2 Å². The van der Waals surface area contributed by atoms with Crippen LogP contribution in [-0.4, -0.2) is 53.4 Å². The number of ether oxygens (including phenoxy) is 1. The summed E-state index contributed by atoms with van der Waals surface area (Å²) in [6.45, 7) is 3.34. The SMILES string of the molecule is CCCn1c(=O)c(OCC(=O)NC)cc2cc(Nc3nc(N4CCC(F)CC4)ncc3Cl)ccc21. The number of halogens is 2. The first kappa shape index (κ1) is 24.7. The number of amides is 1. The van der Waals surface area contributed by atoms with Crippen molar-refractivity contribution in [2.45, 2.75) is 38.9 Å². The van der Waals surface area contributed by atoms with Gasteiger partial charge in [0.15, 0.2) is 18.2 Å². The van der Waals surface area contributed by atoms with Crippen molar-refractivity contribution in [2.75, 3.05) is 37.0 Å². The molecule has 1 aromatic carbocycles. The third kappa shape index (κ3) is 5.64. The summed E-state index contributed by atoms with van der Waals surface area (Å²) in [6.07, 6.45) is 2.39. The van der Waals surface area contributed by atoms with E-state index in [4.69, 9.17) is 16.3 Å². The maximum atomic E-state index is 13.5. The standard InChI is InChI=1S/C24H28ClFN6O3/c1-3-8-32-19-5-4-17(11-15(19)12-20(23(32)34)35-14-21(33)27-2)29-22-18(25)13-28-24(30-22)31-9-6-16(26)7-10-31/h4-5,11-13,16H,3,6-10,14H2,1-2H3,(H,27,33)(H,28,29,30). The van der Waals surface area contributed by atoms with Crippen molar-refractivity contribution in [1.29, 1.82) is 0 Å². The zero-order valence-electron chi connectivity index (χ0n) is 19.7. The summed E-state index contributed by atoms with van der Waals surface area (Å²) >= 11 is 6.35. The van der Waals surface area contributed by atoms with E-state index in [2.05, 4.69) is 20.6 Å². The number of benzene rings is 1. The van der Waals surface area contributed by atoms with E-state index in [9.17, 15) is 14.0 Å². The molecule has 0 aliphatic carbocycles. The third-order valence-corrected chi connectivity index (χ3v) is 6.12. The van der Waals surface area contributed by atoms with Gasteiger partial charge < -0.3 is 24.8 Å². The van der Waals surface area contributed by atoms with Gasteiger partial charge in [-0.1, -0.05) is 18.5 Å². The fraction of sp³-hybridized carbons (Fsp3) is 0.417. The number of fused-ring (bicyclic) bond motifs is 1. The zero-order chi connectivity index (χ0) is 24.9. The van der Waals surface area contributed by atoms with E-state index in [1.54, 1.807) is 10.6 Å². The summed E-state index contributed by atoms with van der Waals surface area (Å²) in [4.78, 5) is 35.4. The summed E-state index contributed by atoms with van der Waals surface area (Å²) in [6, 6.07) is 7.18. The molecule has 1 saturated heterocycles. The Labute approximate surface area is 207 Å². The van der Waals surface area contributed by atoms with Gasteiger partial charge in [-0.05, 0) is 43.5 Å². The van der Waals surface area contributed by atoms with Crippen LogP contribution in [-0.2, 0) is 11.3 Å². The van der Waals surface area contributed by atoms with Crippen LogP contribution in [0.3, 0.4) is 0 Å². The Morgan fingerprint density at radius 3 is 2.77 bits per heavy atom. The molecule has 0 unspecified atom stereocenters. The van der Waals surface area contributed by atoms with E-state index in [0.717, 1.165) is 17.3 Å². The number of aromatic nitrogens is 3. The minimum atomic E-state index is -0.788. The van der Waals surface area contributed by atoms with Gasteiger partial charge in [0.25, 0.3) is 11.5 Å². The molecule has 186 valence electrons. The second-order valence-electron chi connectivity index (χ2n) is 8.35. The molecule has 0 saturated carbocycles. The molecule has 9 nitrogen and oxygen atoms in total. The molecule has 0 bridgehead atoms. The second kappa shape index (κ2) is 10.9. The number of carbonyl (C=O) groups excluding carboxylic acids is 1. The molecule has 35 heavy (non-hydrogen) atoms. The number of piperidine rings is 1. The second-order valence-corrected chi connectivity index (χ2v) is 8.76. The quantitative estimate of drug-likeness (QED) is 0.484. The minimum absolute atomic E-state index is 0.102.